The molecule has 1 saturated carbocycles. The van der Waals surface area contributed by atoms with Gasteiger partial charge in [0.1, 0.15) is 0 Å². The zero-order chi connectivity index (χ0) is 12.0. The summed E-state index contributed by atoms with van der Waals surface area (Å²) in [6.45, 7) is 4.90. The quantitative estimate of drug-likeness (QED) is 0.720. The highest BCUT2D eigenvalue weighted by Gasteiger charge is 2.17. The molecule has 1 aliphatic carbocycles. The van der Waals surface area contributed by atoms with Crippen LogP contribution in [0.5, 0.6) is 0 Å². The second-order valence-corrected chi connectivity index (χ2v) is 5.70. The Morgan fingerprint density at radius 1 is 1.25 bits per heavy atom. The lowest BCUT2D eigenvalue weighted by atomic mass is 9.83. The first-order chi connectivity index (χ1) is 7.58. The van der Waals surface area contributed by atoms with Crippen LogP contribution in [0.15, 0.2) is 0 Å². The molecule has 2 N–H and O–H groups in total. The van der Waals surface area contributed by atoms with E-state index in [4.69, 9.17) is 0 Å². The monoisotopic (exact) mass is 228 g/mol. The van der Waals surface area contributed by atoms with E-state index in [9.17, 15) is 5.11 Å². The van der Waals surface area contributed by atoms with E-state index < -0.39 is 0 Å². The molecule has 3 heteroatoms. The van der Waals surface area contributed by atoms with Crippen LogP contribution in [0.4, 0.5) is 0 Å². The zero-order valence-corrected chi connectivity index (χ0v) is 11.1. The number of hydrogen-bond acceptors (Lipinski definition) is 3. The van der Waals surface area contributed by atoms with Crippen molar-refractivity contribution >= 4 is 0 Å². The van der Waals surface area contributed by atoms with E-state index in [0.29, 0.717) is 0 Å². The lowest BCUT2D eigenvalue weighted by molar-refractivity contribution is 0.132. The number of rotatable bonds is 6. The summed E-state index contributed by atoms with van der Waals surface area (Å²) in [5.74, 6) is 1.76. The Hall–Kier alpha value is -0.120. The van der Waals surface area contributed by atoms with Crippen molar-refractivity contribution in [2.75, 3.05) is 33.7 Å². The summed E-state index contributed by atoms with van der Waals surface area (Å²) in [5.41, 5.74) is 0. The van der Waals surface area contributed by atoms with Gasteiger partial charge in [-0.05, 0) is 45.3 Å². The average molecular weight is 228 g/mol. The van der Waals surface area contributed by atoms with Crippen LogP contribution in [-0.4, -0.2) is 49.8 Å². The predicted octanol–water partition coefficient (Wildman–Crippen LogP) is 1.32. The summed E-state index contributed by atoms with van der Waals surface area (Å²) >= 11 is 0. The minimum atomic E-state index is -0.238. The van der Waals surface area contributed by atoms with Gasteiger partial charge in [0, 0.05) is 13.1 Å². The van der Waals surface area contributed by atoms with Gasteiger partial charge in [0.15, 0.2) is 0 Å². The highest BCUT2D eigenvalue weighted by Crippen LogP contribution is 2.27. The van der Waals surface area contributed by atoms with Gasteiger partial charge in [-0.2, -0.15) is 0 Å². The molecule has 1 rings (SSSR count). The molecule has 0 amide bonds. The average Bonchev–Trinajstić information content (AvgIpc) is 2.20. The molecule has 1 unspecified atom stereocenters. The Kier molecular flexibility index (Phi) is 6.32. The second-order valence-electron chi connectivity index (χ2n) is 5.70. The van der Waals surface area contributed by atoms with Crippen molar-refractivity contribution in [3.63, 3.8) is 0 Å². The molecule has 1 atom stereocenters. The van der Waals surface area contributed by atoms with Gasteiger partial charge in [0.05, 0.1) is 6.10 Å². The molecule has 0 heterocycles. The van der Waals surface area contributed by atoms with Gasteiger partial charge in [0.25, 0.3) is 0 Å². The Balaban J connectivity index is 2.02. The minimum absolute atomic E-state index is 0.238. The molecule has 0 radical (unpaired) electrons. The van der Waals surface area contributed by atoms with Crippen molar-refractivity contribution in [1.29, 1.82) is 0 Å². The maximum Gasteiger partial charge on any atom is 0.0791 e. The van der Waals surface area contributed by atoms with Crippen LogP contribution in [0.1, 0.15) is 32.6 Å². The van der Waals surface area contributed by atoms with Crippen molar-refractivity contribution in [3.8, 4) is 0 Å². The molecule has 0 saturated heterocycles. The summed E-state index contributed by atoms with van der Waals surface area (Å²) in [4.78, 5) is 2.02. The van der Waals surface area contributed by atoms with Gasteiger partial charge >= 0.3 is 0 Å². The van der Waals surface area contributed by atoms with E-state index in [2.05, 4.69) is 12.2 Å². The van der Waals surface area contributed by atoms with Crippen LogP contribution >= 0.6 is 0 Å². The maximum atomic E-state index is 9.69. The SMILES string of the molecule is CC1CCC(CNCC(O)CN(C)C)CC1. The van der Waals surface area contributed by atoms with E-state index in [-0.39, 0.29) is 6.10 Å². The molecule has 16 heavy (non-hydrogen) atoms. The van der Waals surface area contributed by atoms with Gasteiger partial charge in [-0.3, -0.25) is 0 Å². The summed E-state index contributed by atoms with van der Waals surface area (Å²) in [6, 6.07) is 0. The van der Waals surface area contributed by atoms with Crippen LogP contribution in [-0.2, 0) is 0 Å². The van der Waals surface area contributed by atoms with Gasteiger partial charge in [-0.25, -0.2) is 0 Å². The fourth-order valence-corrected chi connectivity index (χ4v) is 2.47. The summed E-state index contributed by atoms with van der Waals surface area (Å²) in [6.07, 6.45) is 5.24. The zero-order valence-electron chi connectivity index (χ0n) is 11.1. The molecular formula is C13H28N2O. The Bertz CT molecular complexity index is 177. The van der Waals surface area contributed by atoms with Crippen LogP contribution in [0, 0.1) is 11.8 Å². The van der Waals surface area contributed by atoms with E-state index in [0.717, 1.165) is 31.5 Å². The molecule has 96 valence electrons. The Labute approximate surface area is 100 Å². The van der Waals surface area contributed by atoms with Gasteiger partial charge in [-0.15, -0.1) is 0 Å². The standard InChI is InChI=1S/C13H28N2O/c1-11-4-6-12(7-5-11)8-14-9-13(16)10-15(2)3/h11-14,16H,4-10H2,1-3H3. The van der Waals surface area contributed by atoms with Gasteiger partial charge in [0.2, 0.25) is 0 Å². The second kappa shape index (κ2) is 7.25. The third-order valence-corrected chi connectivity index (χ3v) is 3.52. The van der Waals surface area contributed by atoms with E-state index in [1.165, 1.54) is 25.7 Å². The molecule has 0 aromatic rings. The van der Waals surface area contributed by atoms with E-state index in [1.54, 1.807) is 0 Å². The van der Waals surface area contributed by atoms with Crippen molar-refractivity contribution in [2.24, 2.45) is 11.8 Å². The Morgan fingerprint density at radius 3 is 2.44 bits per heavy atom. The number of aliphatic hydroxyl groups excluding tert-OH is 1. The molecule has 0 aromatic carbocycles. The third kappa shape index (κ3) is 5.83. The number of nitrogens with zero attached hydrogens (tertiary/aromatic N) is 1. The fourth-order valence-electron chi connectivity index (χ4n) is 2.47. The Morgan fingerprint density at radius 2 is 1.88 bits per heavy atom. The van der Waals surface area contributed by atoms with Crippen LogP contribution in [0.2, 0.25) is 0 Å². The highest BCUT2D eigenvalue weighted by atomic mass is 16.3. The molecule has 3 nitrogen and oxygen atoms in total. The van der Waals surface area contributed by atoms with Gasteiger partial charge in [-0.1, -0.05) is 19.8 Å². The summed E-state index contributed by atoms with van der Waals surface area (Å²) in [7, 11) is 3.98. The topological polar surface area (TPSA) is 35.5 Å². The lowest BCUT2D eigenvalue weighted by Crippen LogP contribution is -2.37. The van der Waals surface area contributed by atoms with E-state index >= 15 is 0 Å². The number of hydrogen-bond donors (Lipinski definition) is 2. The molecule has 1 fully saturated rings. The van der Waals surface area contributed by atoms with Crippen molar-refractivity contribution in [1.82, 2.24) is 10.2 Å². The summed E-state index contributed by atoms with van der Waals surface area (Å²) < 4.78 is 0. The van der Waals surface area contributed by atoms with Crippen LogP contribution in [0.25, 0.3) is 0 Å². The van der Waals surface area contributed by atoms with Crippen LogP contribution < -0.4 is 5.32 Å². The molecule has 1 aliphatic rings. The predicted molar refractivity (Wildman–Crippen MR) is 68.6 cm³/mol. The number of nitrogens with one attached hydrogen (secondary N) is 1. The maximum absolute atomic E-state index is 9.69. The first-order valence-corrected chi connectivity index (χ1v) is 6.61. The van der Waals surface area contributed by atoms with Crippen LogP contribution in [0.3, 0.4) is 0 Å². The van der Waals surface area contributed by atoms with Crippen molar-refractivity contribution < 1.29 is 5.11 Å². The smallest absolute Gasteiger partial charge is 0.0791 e. The van der Waals surface area contributed by atoms with Gasteiger partial charge < -0.3 is 15.3 Å². The fraction of sp³-hybridized carbons (Fsp3) is 1.00. The molecule has 0 aliphatic heterocycles. The normalized spacial score (nSPS) is 28.3. The first kappa shape index (κ1) is 13.9. The summed E-state index contributed by atoms with van der Waals surface area (Å²) in [5, 5.41) is 13.1. The van der Waals surface area contributed by atoms with Crippen molar-refractivity contribution in [2.45, 2.75) is 38.7 Å². The lowest BCUT2D eigenvalue weighted by Gasteiger charge is -2.26. The molecule has 0 spiro atoms. The molecule has 0 aromatic heterocycles. The first-order valence-electron chi connectivity index (χ1n) is 6.61. The molecule has 0 bridgehead atoms. The highest BCUT2D eigenvalue weighted by molar-refractivity contribution is 4.72. The largest absolute Gasteiger partial charge is 0.390 e. The van der Waals surface area contributed by atoms with Crippen molar-refractivity contribution in [3.05, 3.63) is 0 Å². The number of likely N-dealkylation sites (N-methyl/N-ethyl adjacent to an activating group) is 1. The third-order valence-electron chi connectivity index (χ3n) is 3.52. The number of aliphatic hydroxyl groups is 1. The van der Waals surface area contributed by atoms with E-state index in [1.807, 2.05) is 19.0 Å². The molecular weight excluding hydrogens is 200 g/mol. The minimum Gasteiger partial charge on any atom is -0.390 e.